The maximum Gasteiger partial charge on any atom is 0.307 e. The van der Waals surface area contributed by atoms with Crippen molar-refractivity contribution in [3.8, 4) is 0 Å². The second-order valence-electron chi connectivity index (χ2n) is 4.96. The van der Waals surface area contributed by atoms with E-state index in [4.69, 9.17) is 4.74 Å². The normalized spacial score (nSPS) is 11.5. The van der Waals surface area contributed by atoms with E-state index in [-0.39, 0.29) is 24.5 Å². The molecule has 0 bridgehead atoms. The lowest BCUT2D eigenvalue weighted by atomic mass is 10.2. The molecule has 0 saturated heterocycles. The number of nitrogens with one attached hydrogen (secondary N) is 1. The van der Waals surface area contributed by atoms with Crippen LogP contribution in [0.15, 0.2) is 71.6 Å². The first-order chi connectivity index (χ1) is 11.6. The number of benzene rings is 2. The average molecular weight is 345 g/mol. The summed E-state index contributed by atoms with van der Waals surface area (Å²) in [5.41, 5.74) is 1.02. The minimum Gasteiger partial charge on any atom is -0.461 e. The number of carbonyl (C=O) groups excluding carboxylic acids is 1. The van der Waals surface area contributed by atoms with Crippen molar-refractivity contribution in [1.29, 1.82) is 0 Å². The van der Waals surface area contributed by atoms with Crippen LogP contribution in [-0.4, -0.2) is 27.5 Å². The Balaban J connectivity index is 1.69. The standard InChI is InChI=1S/C18H19NO4S/c20-18(23-15-7-10-16-8-3-1-4-9-16)13-14-19-24(21,22)17-11-5-2-6-12-17/h1-12,19H,13-15H2. The van der Waals surface area contributed by atoms with Crippen LogP contribution >= 0.6 is 0 Å². The molecule has 24 heavy (non-hydrogen) atoms. The summed E-state index contributed by atoms with van der Waals surface area (Å²) in [6.45, 7) is 0.150. The number of carbonyl (C=O) groups is 1. The van der Waals surface area contributed by atoms with E-state index in [2.05, 4.69) is 4.72 Å². The van der Waals surface area contributed by atoms with Crippen molar-refractivity contribution < 1.29 is 17.9 Å². The highest BCUT2D eigenvalue weighted by atomic mass is 32.2. The minimum absolute atomic E-state index is 0.00153. The Hall–Kier alpha value is -2.44. The van der Waals surface area contributed by atoms with Crippen LogP contribution in [0.2, 0.25) is 0 Å². The van der Waals surface area contributed by atoms with Crippen LogP contribution in [0.4, 0.5) is 0 Å². The Morgan fingerprint density at radius 2 is 1.62 bits per heavy atom. The third kappa shape index (κ3) is 5.98. The molecular weight excluding hydrogens is 326 g/mol. The van der Waals surface area contributed by atoms with Crippen LogP contribution < -0.4 is 4.72 Å². The van der Waals surface area contributed by atoms with Gasteiger partial charge in [-0.1, -0.05) is 54.6 Å². The number of rotatable bonds is 8. The molecule has 0 aliphatic heterocycles. The molecular formula is C18H19NO4S. The fourth-order valence-electron chi connectivity index (χ4n) is 1.93. The van der Waals surface area contributed by atoms with Crippen molar-refractivity contribution in [2.75, 3.05) is 13.2 Å². The van der Waals surface area contributed by atoms with Gasteiger partial charge >= 0.3 is 5.97 Å². The summed E-state index contributed by atoms with van der Waals surface area (Å²) in [7, 11) is -3.59. The fraction of sp³-hybridized carbons (Fsp3) is 0.167. The van der Waals surface area contributed by atoms with Gasteiger partial charge in [0, 0.05) is 6.54 Å². The van der Waals surface area contributed by atoms with Crippen LogP contribution in [0.5, 0.6) is 0 Å². The summed E-state index contributed by atoms with van der Waals surface area (Å²) in [5.74, 6) is -0.455. The van der Waals surface area contributed by atoms with Crippen molar-refractivity contribution in [2.45, 2.75) is 11.3 Å². The number of hydrogen-bond acceptors (Lipinski definition) is 4. The summed E-state index contributed by atoms with van der Waals surface area (Å²) >= 11 is 0. The zero-order chi connectivity index (χ0) is 17.3. The van der Waals surface area contributed by atoms with E-state index in [9.17, 15) is 13.2 Å². The first-order valence-electron chi connectivity index (χ1n) is 7.50. The molecule has 0 saturated carbocycles. The van der Waals surface area contributed by atoms with Gasteiger partial charge in [0.05, 0.1) is 11.3 Å². The van der Waals surface area contributed by atoms with E-state index in [0.29, 0.717) is 0 Å². The molecule has 1 N–H and O–H groups in total. The molecule has 0 aromatic heterocycles. The molecule has 0 heterocycles. The van der Waals surface area contributed by atoms with Gasteiger partial charge < -0.3 is 4.74 Å². The molecule has 0 spiro atoms. The molecule has 5 nitrogen and oxygen atoms in total. The Kier molecular flexibility index (Phi) is 6.72. The van der Waals surface area contributed by atoms with E-state index < -0.39 is 16.0 Å². The summed E-state index contributed by atoms with van der Waals surface area (Å²) in [5, 5.41) is 0. The molecule has 2 rings (SSSR count). The first-order valence-corrected chi connectivity index (χ1v) is 8.98. The van der Waals surface area contributed by atoms with Gasteiger partial charge in [-0.15, -0.1) is 0 Å². The second kappa shape index (κ2) is 9.00. The third-order valence-corrected chi connectivity index (χ3v) is 4.60. The third-order valence-electron chi connectivity index (χ3n) is 3.13. The molecule has 0 fully saturated rings. The number of ether oxygens (including phenoxy) is 1. The highest BCUT2D eigenvalue weighted by molar-refractivity contribution is 7.89. The molecule has 0 radical (unpaired) electrons. The maximum atomic E-state index is 12.0. The summed E-state index contributed by atoms with van der Waals surface area (Å²) in [6, 6.07) is 17.7. The lowest BCUT2D eigenvalue weighted by molar-refractivity contribution is -0.142. The van der Waals surface area contributed by atoms with E-state index in [1.165, 1.54) is 12.1 Å². The smallest absolute Gasteiger partial charge is 0.307 e. The first kappa shape index (κ1) is 17.9. The van der Waals surface area contributed by atoms with Crippen LogP contribution in [0.1, 0.15) is 12.0 Å². The van der Waals surface area contributed by atoms with Crippen LogP contribution in [0.25, 0.3) is 6.08 Å². The largest absolute Gasteiger partial charge is 0.461 e. The van der Waals surface area contributed by atoms with Gasteiger partial charge in [-0.25, -0.2) is 13.1 Å². The van der Waals surface area contributed by atoms with Gasteiger partial charge in [-0.3, -0.25) is 4.79 Å². The molecule has 0 amide bonds. The highest BCUT2D eigenvalue weighted by Crippen LogP contribution is 2.06. The molecule has 2 aromatic carbocycles. The molecule has 0 atom stereocenters. The van der Waals surface area contributed by atoms with Crippen molar-refractivity contribution in [2.24, 2.45) is 0 Å². The van der Waals surface area contributed by atoms with Crippen molar-refractivity contribution in [3.63, 3.8) is 0 Å². The second-order valence-corrected chi connectivity index (χ2v) is 6.72. The summed E-state index contributed by atoms with van der Waals surface area (Å²) in [4.78, 5) is 11.8. The van der Waals surface area contributed by atoms with Gasteiger partial charge in [0.15, 0.2) is 0 Å². The molecule has 2 aromatic rings. The predicted molar refractivity (Wildman–Crippen MR) is 92.7 cm³/mol. The molecule has 0 unspecified atom stereocenters. The Morgan fingerprint density at radius 1 is 1.00 bits per heavy atom. The molecule has 126 valence electrons. The monoisotopic (exact) mass is 345 g/mol. The Morgan fingerprint density at radius 3 is 2.29 bits per heavy atom. The lowest BCUT2D eigenvalue weighted by Crippen LogP contribution is -2.26. The van der Waals surface area contributed by atoms with E-state index in [1.54, 1.807) is 24.3 Å². The predicted octanol–water partition coefficient (Wildman–Crippen LogP) is 2.61. The topological polar surface area (TPSA) is 72.5 Å². The number of sulfonamides is 1. The summed E-state index contributed by atoms with van der Waals surface area (Å²) < 4.78 is 31.3. The van der Waals surface area contributed by atoms with Crippen molar-refractivity contribution in [1.82, 2.24) is 4.72 Å². The van der Waals surface area contributed by atoms with E-state index >= 15 is 0 Å². The quantitative estimate of drug-likeness (QED) is 0.747. The van der Waals surface area contributed by atoms with Gasteiger partial charge in [-0.05, 0) is 23.8 Å². The number of esters is 1. The number of hydrogen-bond donors (Lipinski definition) is 1. The maximum absolute atomic E-state index is 12.0. The zero-order valence-corrected chi connectivity index (χ0v) is 13.9. The van der Waals surface area contributed by atoms with Crippen LogP contribution in [0.3, 0.4) is 0 Å². The van der Waals surface area contributed by atoms with E-state index in [1.807, 2.05) is 36.4 Å². The van der Waals surface area contributed by atoms with Crippen molar-refractivity contribution in [3.05, 3.63) is 72.3 Å². The van der Waals surface area contributed by atoms with Crippen molar-refractivity contribution >= 4 is 22.1 Å². The molecule has 0 aliphatic carbocycles. The highest BCUT2D eigenvalue weighted by Gasteiger charge is 2.13. The summed E-state index contributed by atoms with van der Waals surface area (Å²) in [6.07, 6.45) is 3.57. The Bertz CT molecular complexity index is 771. The van der Waals surface area contributed by atoms with E-state index in [0.717, 1.165) is 5.56 Å². The minimum atomic E-state index is -3.59. The van der Waals surface area contributed by atoms with Crippen LogP contribution in [0, 0.1) is 0 Å². The zero-order valence-electron chi connectivity index (χ0n) is 13.1. The fourth-order valence-corrected chi connectivity index (χ4v) is 2.98. The Labute approximate surface area is 142 Å². The molecule has 6 heteroatoms. The molecule has 0 aliphatic rings. The van der Waals surface area contributed by atoms with Gasteiger partial charge in [-0.2, -0.15) is 0 Å². The van der Waals surface area contributed by atoms with Gasteiger partial charge in [0.2, 0.25) is 10.0 Å². The van der Waals surface area contributed by atoms with Crippen LogP contribution in [-0.2, 0) is 19.6 Å². The lowest BCUT2D eigenvalue weighted by Gasteiger charge is -2.06. The SMILES string of the molecule is O=C(CCNS(=O)(=O)c1ccccc1)OCC=Cc1ccccc1. The average Bonchev–Trinajstić information content (AvgIpc) is 2.60. The van der Waals surface area contributed by atoms with Gasteiger partial charge in [0.1, 0.15) is 6.61 Å². The van der Waals surface area contributed by atoms with Gasteiger partial charge in [0.25, 0.3) is 0 Å².